The number of imidazole rings is 1. The molecule has 2 aromatic heterocycles. The number of carbonyl (C=O) groups excluding carboxylic acids is 1. The highest BCUT2D eigenvalue weighted by molar-refractivity contribution is 5.87. The number of rotatable bonds is 4. The fourth-order valence-electron chi connectivity index (χ4n) is 1.79. The van der Waals surface area contributed by atoms with Gasteiger partial charge in [-0.15, -0.1) is 0 Å². The number of hydrogen-bond donors (Lipinski definition) is 0. The average molecular weight is 263 g/mol. The van der Waals surface area contributed by atoms with E-state index in [1.54, 1.807) is 25.3 Å². The third-order valence-electron chi connectivity index (χ3n) is 2.75. The number of carbonyl (C=O) groups is 1. The zero-order valence-corrected chi connectivity index (χ0v) is 10.7. The highest BCUT2D eigenvalue weighted by atomic mass is 19.1. The Morgan fingerprint density at radius 1 is 1.47 bits per heavy atom. The number of nitrogens with zero attached hydrogens (tertiary/aromatic N) is 3. The lowest BCUT2D eigenvalue weighted by Gasteiger charge is -2.15. The number of aromatic nitrogens is 3. The predicted molar refractivity (Wildman–Crippen MR) is 66.2 cm³/mol. The van der Waals surface area contributed by atoms with E-state index in [4.69, 9.17) is 4.74 Å². The van der Waals surface area contributed by atoms with Crippen LogP contribution in [0.2, 0.25) is 0 Å². The van der Waals surface area contributed by atoms with Gasteiger partial charge in [0.2, 0.25) is 5.95 Å². The Hall–Kier alpha value is -2.24. The van der Waals surface area contributed by atoms with Crippen LogP contribution >= 0.6 is 0 Å². The van der Waals surface area contributed by atoms with Crippen molar-refractivity contribution in [1.82, 2.24) is 14.5 Å². The van der Waals surface area contributed by atoms with Crippen molar-refractivity contribution in [3.05, 3.63) is 48.1 Å². The molecule has 0 aliphatic rings. The Morgan fingerprint density at radius 2 is 2.26 bits per heavy atom. The average Bonchev–Trinajstić information content (AvgIpc) is 2.81. The highest BCUT2D eigenvalue weighted by Gasteiger charge is 2.24. The quantitative estimate of drug-likeness (QED) is 0.793. The SMILES string of the molecule is CCOC(=O)c1c(F)ncn1[C@H](C)c1ccccn1. The van der Waals surface area contributed by atoms with Crippen LogP contribution in [0.5, 0.6) is 0 Å². The van der Waals surface area contributed by atoms with Gasteiger partial charge in [0.1, 0.15) is 0 Å². The second-order valence-electron chi connectivity index (χ2n) is 3.94. The highest BCUT2D eigenvalue weighted by Crippen LogP contribution is 2.19. The minimum atomic E-state index is -0.832. The van der Waals surface area contributed by atoms with Gasteiger partial charge < -0.3 is 9.30 Å². The van der Waals surface area contributed by atoms with Gasteiger partial charge in [0.05, 0.1) is 24.7 Å². The van der Waals surface area contributed by atoms with Crippen LogP contribution in [0, 0.1) is 5.95 Å². The molecule has 0 radical (unpaired) electrons. The molecule has 2 rings (SSSR count). The maximum atomic E-state index is 13.6. The molecular formula is C13H14FN3O2. The standard InChI is InChI=1S/C13H14FN3O2/c1-3-19-13(18)11-12(14)16-8-17(11)9(2)10-6-4-5-7-15-10/h4-9H,3H2,1-2H3/t9-/m1/s1. The first-order valence-corrected chi connectivity index (χ1v) is 5.95. The molecule has 2 aromatic rings. The number of ether oxygens (including phenoxy) is 1. The van der Waals surface area contributed by atoms with Gasteiger partial charge in [0, 0.05) is 6.20 Å². The van der Waals surface area contributed by atoms with Crippen LogP contribution in [0.1, 0.15) is 36.1 Å². The van der Waals surface area contributed by atoms with E-state index in [2.05, 4.69) is 9.97 Å². The number of hydrogen-bond acceptors (Lipinski definition) is 4. The van der Waals surface area contributed by atoms with E-state index in [0.717, 1.165) is 0 Å². The third kappa shape index (κ3) is 2.62. The van der Waals surface area contributed by atoms with Gasteiger partial charge in [-0.2, -0.15) is 4.39 Å². The molecule has 0 unspecified atom stereocenters. The molecule has 100 valence electrons. The zero-order valence-electron chi connectivity index (χ0n) is 10.7. The van der Waals surface area contributed by atoms with E-state index in [1.807, 2.05) is 13.0 Å². The van der Waals surface area contributed by atoms with E-state index in [9.17, 15) is 9.18 Å². The van der Waals surface area contributed by atoms with Crippen molar-refractivity contribution in [2.45, 2.75) is 19.9 Å². The first-order chi connectivity index (χ1) is 9.15. The number of halogens is 1. The maximum Gasteiger partial charge on any atom is 0.359 e. The molecule has 5 nitrogen and oxygen atoms in total. The second kappa shape index (κ2) is 5.60. The summed E-state index contributed by atoms with van der Waals surface area (Å²) in [6.07, 6.45) is 2.92. The Bertz CT molecular complexity index is 569. The second-order valence-corrected chi connectivity index (χ2v) is 3.94. The minimum absolute atomic E-state index is 0.181. The van der Waals surface area contributed by atoms with Gasteiger partial charge in [-0.3, -0.25) is 4.98 Å². The van der Waals surface area contributed by atoms with Crippen molar-refractivity contribution in [2.24, 2.45) is 0 Å². The van der Waals surface area contributed by atoms with Gasteiger partial charge in [0.15, 0.2) is 5.69 Å². The molecule has 0 aliphatic heterocycles. The Labute approximate surface area is 110 Å². The fourth-order valence-corrected chi connectivity index (χ4v) is 1.79. The summed E-state index contributed by atoms with van der Waals surface area (Å²) in [5, 5.41) is 0. The Morgan fingerprint density at radius 3 is 2.89 bits per heavy atom. The first-order valence-electron chi connectivity index (χ1n) is 5.95. The summed E-state index contributed by atoms with van der Waals surface area (Å²) in [4.78, 5) is 19.5. The molecule has 0 N–H and O–H groups in total. The summed E-state index contributed by atoms with van der Waals surface area (Å²) in [5.74, 6) is -1.55. The maximum absolute atomic E-state index is 13.6. The zero-order chi connectivity index (χ0) is 13.8. The summed E-state index contributed by atoms with van der Waals surface area (Å²) in [6, 6.07) is 5.11. The van der Waals surface area contributed by atoms with Crippen molar-refractivity contribution in [2.75, 3.05) is 6.61 Å². The lowest BCUT2D eigenvalue weighted by Crippen LogP contribution is -2.17. The van der Waals surface area contributed by atoms with Crippen molar-refractivity contribution in [3.8, 4) is 0 Å². The van der Waals surface area contributed by atoms with Gasteiger partial charge >= 0.3 is 5.97 Å². The molecule has 0 aliphatic carbocycles. The lowest BCUT2D eigenvalue weighted by atomic mass is 10.2. The molecular weight excluding hydrogens is 249 g/mol. The Kier molecular flexibility index (Phi) is 3.89. The van der Waals surface area contributed by atoms with E-state index in [-0.39, 0.29) is 18.3 Å². The summed E-state index contributed by atoms with van der Waals surface area (Å²) >= 11 is 0. The monoisotopic (exact) mass is 263 g/mol. The minimum Gasteiger partial charge on any atom is -0.461 e. The van der Waals surface area contributed by atoms with E-state index < -0.39 is 11.9 Å². The van der Waals surface area contributed by atoms with E-state index in [1.165, 1.54) is 10.9 Å². The van der Waals surface area contributed by atoms with Crippen molar-refractivity contribution >= 4 is 5.97 Å². The largest absolute Gasteiger partial charge is 0.461 e. The predicted octanol–water partition coefficient (Wildman–Crippen LogP) is 2.20. The number of pyridine rings is 1. The van der Waals surface area contributed by atoms with Crippen molar-refractivity contribution < 1.29 is 13.9 Å². The lowest BCUT2D eigenvalue weighted by molar-refractivity contribution is 0.0506. The molecule has 1 atom stereocenters. The molecule has 0 fully saturated rings. The van der Waals surface area contributed by atoms with Crippen LogP contribution in [0.25, 0.3) is 0 Å². The summed E-state index contributed by atoms with van der Waals surface area (Å²) in [6.45, 7) is 3.66. The smallest absolute Gasteiger partial charge is 0.359 e. The van der Waals surface area contributed by atoms with Crippen LogP contribution in [0.4, 0.5) is 4.39 Å². The molecule has 0 saturated carbocycles. The molecule has 0 saturated heterocycles. The molecule has 2 heterocycles. The van der Waals surface area contributed by atoms with Gasteiger partial charge in [-0.25, -0.2) is 9.78 Å². The molecule has 0 amide bonds. The van der Waals surface area contributed by atoms with Crippen molar-refractivity contribution in [3.63, 3.8) is 0 Å². The van der Waals surface area contributed by atoms with Gasteiger partial charge in [0.25, 0.3) is 0 Å². The molecule has 6 heteroatoms. The van der Waals surface area contributed by atoms with Crippen LogP contribution in [-0.2, 0) is 4.74 Å². The van der Waals surface area contributed by atoms with Gasteiger partial charge in [-0.05, 0) is 26.0 Å². The van der Waals surface area contributed by atoms with Crippen LogP contribution in [0.3, 0.4) is 0 Å². The first kappa shape index (κ1) is 13.2. The van der Waals surface area contributed by atoms with Crippen LogP contribution in [0.15, 0.2) is 30.7 Å². The summed E-state index contributed by atoms with van der Waals surface area (Å²) in [5.41, 5.74) is 0.533. The van der Waals surface area contributed by atoms with E-state index in [0.29, 0.717) is 5.69 Å². The molecule has 0 aromatic carbocycles. The number of esters is 1. The van der Waals surface area contributed by atoms with Crippen LogP contribution in [-0.4, -0.2) is 27.1 Å². The fraction of sp³-hybridized carbons (Fsp3) is 0.308. The molecule has 0 bridgehead atoms. The summed E-state index contributed by atoms with van der Waals surface area (Å²) < 4.78 is 19.9. The molecule has 19 heavy (non-hydrogen) atoms. The Balaban J connectivity index is 2.38. The normalized spacial score (nSPS) is 12.2. The third-order valence-corrected chi connectivity index (χ3v) is 2.75. The van der Waals surface area contributed by atoms with Crippen molar-refractivity contribution in [1.29, 1.82) is 0 Å². The van der Waals surface area contributed by atoms with E-state index >= 15 is 0 Å². The summed E-state index contributed by atoms with van der Waals surface area (Å²) in [7, 11) is 0. The topological polar surface area (TPSA) is 57.0 Å². The van der Waals surface area contributed by atoms with Gasteiger partial charge in [-0.1, -0.05) is 6.07 Å². The van der Waals surface area contributed by atoms with Crippen LogP contribution < -0.4 is 0 Å². The molecule has 0 spiro atoms.